The molecule has 7 nitrogen and oxygen atoms in total. The van der Waals surface area contributed by atoms with Crippen molar-refractivity contribution >= 4 is 21.8 Å². The summed E-state index contributed by atoms with van der Waals surface area (Å²) in [5, 5.41) is 2.65. The van der Waals surface area contributed by atoms with E-state index in [4.69, 9.17) is 0 Å². The van der Waals surface area contributed by atoms with Crippen LogP contribution in [0, 0.1) is 19.8 Å². The summed E-state index contributed by atoms with van der Waals surface area (Å²) in [7, 11) is -3.57. The third-order valence-corrected chi connectivity index (χ3v) is 6.98. The van der Waals surface area contributed by atoms with Crippen LogP contribution in [-0.4, -0.2) is 62.2 Å². The van der Waals surface area contributed by atoms with E-state index in [-0.39, 0.29) is 31.4 Å². The monoisotopic (exact) mass is 409 g/mol. The van der Waals surface area contributed by atoms with Gasteiger partial charge in [-0.15, -0.1) is 0 Å². The Kier molecular flexibility index (Phi) is 7.60. The van der Waals surface area contributed by atoms with Crippen LogP contribution >= 0.6 is 0 Å². The molecule has 156 valence electrons. The molecular weight excluding hydrogens is 378 g/mol. The molecule has 2 rings (SSSR count). The molecule has 1 aliphatic rings. The van der Waals surface area contributed by atoms with Crippen LogP contribution in [0.25, 0.3) is 0 Å². The molecule has 28 heavy (non-hydrogen) atoms. The molecule has 0 spiro atoms. The number of nitrogens with one attached hydrogen (secondary N) is 1. The quantitative estimate of drug-likeness (QED) is 0.742. The van der Waals surface area contributed by atoms with Crippen molar-refractivity contribution in [2.24, 2.45) is 5.92 Å². The Balaban J connectivity index is 1.88. The number of hydrogen-bond acceptors (Lipinski definition) is 4. The van der Waals surface area contributed by atoms with E-state index in [9.17, 15) is 18.0 Å². The van der Waals surface area contributed by atoms with E-state index in [1.54, 1.807) is 24.0 Å². The largest absolute Gasteiger partial charge is 0.347 e. The number of amides is 2. The molecule has 0 unspecified atom stereocenters. The number of hydrogen-bond donors (Lipinski definition) is 1. The van der Waals surface area contributed by atoms with Crippen LogP contribution in [0.2, 0.25) is 0 Å². The molecule has 1 saturated heterocycles. The number of piperazine rings is 1. The van der Waals surface area contributed by atoms with E-state index in [0.29, 0.717) is 30.3 Å². The fraction of sp³-hybridized carbons (Fsp3) is 0.600. The molecular formula is C20H31N3O4S. The summed E-state index contributed by atoms with van der Waals surface area (Å²) >= 11 is 0. The molecule has 2 amide bonds. The summed E-state index contributed by atoms with van der Waals surface area (Å²) in [5.41, 5.74) is 1.74. The van der Waals surface area contributed by atoms with E-state index >= 15 is 0 Å². The van der Waals surface area contributed by atoms with Gasteiger partial charge in [-0.3, -0.25) is 9.59 Å². The Labute approximate surface area is 168 Å². The number of carbonyl (C=O) groups excluding carboxylic acids is 2. The lowest BCUT2D eigenvalue weighted by atomic mass is 10.1. The number of aryl methyl sites for hydroxylation is 2. The molecule has 0 radical (unpaired) electrons. The first-order valence-corrected chi connectivity index (χ1v) is 11.2. The van der Waals surface area contributed by atoms with Crippen molar-refractivity contribution in [1.29, 1.82) is 0 Å². The zero-order chi connectivity index (χ0) is 20.9. The van der Waals surface area contributed by atoms with E-state index < -0.39 is 10.0 Å². The van der Waals surface area contributed by atoms with Crippen molar-refractivity contribution < 1.29 is 18.0 Å². The van der Waals surface area contributed by atoms with Gasteiger partial charge in [-0.1, -0.05) is 31.5 Å². The lowest BCUT2D eigenvalue weighted by Crippen LogP contribution is -2.52. The summed E-state index contributed by atoms with van der Waals surface area (Å²) < 4.78 is 27.2. The maximum atomic E-state index is 12.9. The van der Waals surface area contributed by atoms with Gasteiger partial charge in [0.25, 0.3) is 0 Å². The summed E-state index contributed by atoms with van der Waals surface area (Å²) in [5.74, 6) is 0.133. The fourth-order valence-electron chi connectivity index (χ4n) is 3.20. The Bertz CT molecular complexity index is 813. The van der Waals surface area contributed by atoms with Crippen LogP contribution in [0.5, 0.6) is 0 Å². The molecule has 1 aromatic carbocycles. The van der Waals surface area contributed by atoms with Crippen LogP contribution in [0.15, 0.2) is 23.1 Å². The molecule has 1 fully saturated rings. The Morgan fingerprint density at radius 2 is 1.75 bits per heavy atom. The average Bonchev–Trinajstić information content (AvgIpc) is 2.64. The first-order valence-electron chi connectivity index (χ1n) is 9.73. The smallest absolute Gasteiger partial charge is 0.243 e. The minimum absolute atomic E-state index is 0.0409. The number of rotatable bonds is 7. The highest BCUT2D eigenvalue weighted by Crippen LogP contribution is 2.22. The minimum Gasteiger partial charge on any atom is -0.347 e. The molecule has 8 heteroatoms. The Hall–Kier alpha value is -1.93. The molecule has 0 saturated carbocycles. The molecule has 1 aliphatic heterocycles. The van der Waals surface area contributed by atoms with Crippen molar-refractivity contribution in [3.63, 3.8) is 0 Å². The van der Waals surface area contributed by atoms with Crippen LogP contribution in [0.3, 0.4) is 0 Å². The lowest BCUT2D eigenvalue weighted by Gasteiger charge is -2.34. The third kappa shape index (κ3) is 5.78. The van der Waals surface area contributed by atoms with Gasteiger partial charge in [0.15, 0.2) is 0 Å². The van der Waals surface area contributed by atoms with Gasteiger partial charge in [-0.25, -0.2) is 8.42 Å². The molecule has 1 heterocycles. The molecule has 0 aromatic heterocycles. The zero-order valence-corrected chi connectivity index (χ0v) is 18.0. The van der Waals surface area contributed by atoms with Gasteiger partial charge in [-0.05, 0) is 37.8 Å². The van der Waals surface area contributed by atoms with Gasteiger partial charge < -0.3 is 10.2 Å². The number of sulfonamides is 1. The topological polar surface area (TPSA) is 86.8 Å². The average molecular weight is 410 g/mol. The number of nitrogens with zero attached hydrogens (tertiary/aromatic N) is 2. The summed E-state index contributed by atoms with van der Waals surface area (Å²) in [6, 6.07) is 5.29. The fourth-order valence-corrected chi connectivity index (χ4v) is 4.83. The van der Waals surface area contributed by atoms with Gasteiger partial charge in [0, 0.05) is 32.6 Å². The van der Waals surface area contributed by atoms with E-state index in [2.05, 4.69) is 5.32 Å². The zero-order valence-electron chi connectivity index (χ0n) is 17.2. The third-order valence-electron chi connectivity index (χ3n) is 4.93. The molecule has 1 N–H and O–H groups in total. The normalized spacial score (nSPS) is 15.7. The maximum Gasteiger partial charge on any atom is 0.243 e. The van der Waals surface area contributed by atoms with Crippen LogP contribution < -0.4 is 5.32 Å². The van der Waals surface area contributed by atoms with Crippen molar-refractivity contribution in [3.8, 4) is 0 Å². The van der Waals surface area contributed by atoms with Crippen molar-refractivity contribution in [1.82, 2.24) is 14.5 Å². The first kappa shape index (κ1) is 22.4. The highest BCUT2D eigenvalue weighted by Gasteiger charge is 2.31. The predicted molar refractivity (Wildman–Crippen MR) is 108 cm³/mol. The standard InChI is InChI=1S/C20H31N3O4S/c1-15(2)5-8-19(24)21-14-20(25)22-9-11-23(12-10-22)28(26,27)18-7-6-16(3)13-17(18)4/h6-7,13,15H,5,8-12,14H2,1-4H3,(H,21,24). The number of carbonyl (C=O) groups is 2. The SMILES string of the molecule is Cc1ccc(S(=O)(=O)N2CCN(C(=O)CNC(=O)CCC(C)C)CC2)c(C)c1. The van der Waals surface area contributed by atoms with Crippen molar-refractivity contribution in [3.05, 3.63) is 29.3 Å². The minimum atomic E-state index is -3.57. The lowest BCUT2D eigenvalue weighted by molar-refractivity contribution is -0.133. The van der Waals surface area contributed by atoms with Crippen LogP contribution in [0.4, 0.5) is 0 Å². The molecule has 0 aliphatic carbocycles. The van der Waals surface area contributed by atoms with Gasteiger partial charge in [0.1, 0.15) is 0 Å². The molecule has 0 atom stereocenters. The van der Waals surface area contributed by atoms with Crippen molar-refractivity contribution in [2.45, 2.75) is 45.4 Å². The number of benzene rings is 1. The molecule has 0 bridgehead atoms. The maximum absolute atomic E-state index is 12.9. The van der Waals surface area contributed by atoms with Crippen LogP contribution in [0.1, 0.15) is 37.8 Å². The van der Waals surface area contributed by atoms with Gasteiger partial charge in [0.2, 0.25) is 21.8 Å². The van der Waals surface area contributed by atoms with Crippen molar-refractivity contribution in [2.75, 3.05) is 32.7 Å². The van der Waals surface area contributed by atoms with Gasteiger partial charge in [0.05, 0.1) is 11.4 Å². The summed E-state index contributed by atoms with van der Waals surface area (Å²) in [6.07, 6.45) is 1.20. The second kappa shape index (κ2) is 9.52. The van der Waals surface area contributed by atoms with E-state index in [0.717, 1.165) is 17.5 Å². The highest BCUT2D eigenvalue weighted by atomic mass is 32.2. The van der Waals surface area contributed by atoms with Gasteiger partial charge >= 0.3 is 0 Å². The van der Waals surface area contributed by atoms with Gasteiger partial charge in [-0.2, -0.15) is 4.31 Å². The summed E-state index contributed by atoms with van der Waals surface area (Å²) in [4.78, 5) is 26.0. The van der Waals surface area contributed by atoms with E-state index in [1.807, 2.05) is 26.8 Å². The molecule has 1 aromatic rings. The van der Waals surface area contributed by atoms with Crippen LogP contribution in [-0.2, 0) is 19.6 Å². The Morgan fingerprint density at radius 1 is 1.11 bits per heavy atom. The Morgan fingerprint density at radius 3 is 2.32 bits per heavy atom. The second-order valence-electron chi connectivity index (χ2n) is 7.76. The second-order valence-corrected chi connectivity index (χ2v) is 9.67. The van der Waals surface area contributed by atoms with E-state index in [1.165, 1.54) is 4.31 Å². The highest BCUT2D eigenvalue weighted by molar-refractivity contribution is 7.89. The predicted octanol–water partition coefficient (Wildman–Crippen LogP) is 1.69. The summed E-state index contributed by atoms with van der Waals surface area (Å²) in [6.45, 7) is 8.92. The first-order chi connectivity index (χ1) is 13.1.